The summed E-state index contributed by atoms with van der Waals surface area (Å²) in [6.45, 7) is 4.70. The lowest BCUT2D eigenvalue weighted by Crippen LogP contribution is -2.45. The minimum atomic E-state index is -0.602. The SMILES string of the molecule is CCCC(CC)NC(=O)C(=O)NCCN. The molecule has 0 aromatic carbocycles. The van der Waals surface area contributed by atoms with Gasteiger partial charge in [0, 0.05) is 19.1 Å². The second-order valence-electron chi connectivity index (χ2n) is 3.41. The second kappa shape index (κ2) is 8.23. The minimum Gasteiger partial charge on any atom is -0.347 e. The molecule has 1 unspecified atom stereocenters. The molecule has 0 spiro atoms. The van der Waals surface area contributed by atoms with Gasteiger partial charge < -0.3 is 16.4 Å². The zero-order chi connectivity index (χ0) is 11.7. The van der Waals surface area contributed by atoms with Crippen LogP contribution in [0.25, 0.3) is 0 Å². The fourth-order valence-corrected chi connectivity index (χ4v) is 1.24. The van der Waals surface area contributed by atoms with E-state index in [-0.39, 0.29) is 6.04 Å². The average Bonchev–Trinajstić information content (AvgIpc) is 2.24. The summed E-state index contributed by atoms with van der Waals surface area (Å²) in [7, 11) is 0. The van der Waals surface area contributed by atoms with Crippen molar-refractivity contribution in [3.8, 4) is 0 Å². The van der Waals surface area contributed by atoms with E-state index in [4.69, 9.17) is 5.73 Å². The fraction of sp³-hybridized carbons (Fsp3) is 0.800. The zero-order valence-electron chi connectivity index (χ0n) is 9.51. The van der Waals surface area contributed by atoms with Gasteiger partial charge in [0.1, 0.15) is 0 Å². The zero-order valence-corrected chi connectivity index (χ0v) is 9.51. The average molecular weight is 215 g/mol. The predicted octanol–water partition coefficient (Wildman–Crippen LogP) is -0.244. The number of carbonyl (C=O) groups is 2. The van der Waals surface area contributed by atoms with E-state index in [0.717, 1.165) is 19.3 Å². The molecule has 0 aliphatic heterocycles. The molecule has 1 atom stereocenters. The van der Waals surface area contributed by atoms with Crippen LogP contribution in [0, 0.1) is 0 Å². The standard InChI is InChI=1S/C10H21N3O2/c1-3-5-8(4-2)13-10(15)9(14)12-7-6-11/h8H,3-7,11H2,1-2H3,(H,12,14)(H,13,15). The van der Waals surface area contributed by atoms with Gasteiger partial charge in [-0.2, -0.15) is 0 Å². The van der Waals surface area contributed by atoms with Crippen molar-refractivity contribution in [1.82, 2.24) is 10.6 Å². The van der Waals surface area contributed by atoms with Crippen LogP contribution in [-0.2, 0) is 9.59 Å². The van der Waals surface area contributed by atoms with Gasteiger partial charge in [-0.1, -0.05) is 20.3 Å². The van der Waals surface area contributed by atoms with Crippen molar-refractivity contribution >= 4 is 11.8 Å². The van der Waals surface area contributed by atoms with Crippen LogP contribution in [0.15, 0.2) is 0 Å². The predicted molar refractivity (Wildman–Crippen MR) is 59.2 cm³/mol. The maximum absolute atomic E-state index is 11.3. The van der Waals surface area contributed by atoms with E-state index in [1.807, 2.05) is 13.8 Å². The van der Waals surface area contributed by atoms with Crippen molar-refractivity contribution in [1.29, 1.82) is 0 Å². The molecule has 0 aliphatic carbocycles. The summed E-state index contributed by atoms with van der Waals surface area (Å²) in [5, 5.41) is 5.11. The van der Waals surface area contributed by atoms with E-state index in [2.05, 4.69) is 10.6 Å². The van der Waals surface area contributed by atoms with E-state index < -0.39 is 11.8 Å². The van der Waals surface area contributed by atoms with Gasteiger partial charge in [0.05, 0.1) is 0 Å². The van der Waals surface area contributed by atoms with Gasteiger partial charge in [0.15, 0.2) is 0 Å². The monoisotopic (exact) mass is 215 g/mol. The lowest BCUT2D eigenvalue weighted by molar-refractivity contribution is -0.139. The highest BCUT2D eigenvalue weighted by Crippen LogP contribution is 2.00. The van der Waals surface area contributed by atoms with Crippen LogP contribution in [0.1, 0.15) is 33.1 Å². The van der Waals surface area contributed by atoms with Gasteiger partial charge in [0.2, 0.25) is 0 Å². The Morgan fingerprint density at radius 2 is 1.93 bits per heavy atom. The molecule has 0 saturated heterocycles. The topological polar surface area (TPSA) is 84.2 Å². The molecule has 88 valence electrons. The molecule has 15 heavy (non-hydrogen) atoms. The largest absolute Gasteiger partial charge is 0.347 e. The molecule has 0 aromatic heterocycles. The second-order valence-corrected chi connectivity index (χ2v) is 3.41. The normalized spacial score (nSPS) is 11.9. The van der Waals surface area contributed by atoms with Crippen LogP contribution in [0.3, 0.4) is 0 Å². The van der Waals surface area contributed by atoms with E-state index in [1.165, 1.54) is 0 Å². The maximum Gasteiger partial charge on any atom is 0.309 e. The number of nitrogens with two attached hydrogens (primary N) is 1. The Morgan fingerprint density at radius 3 is 2.40 bits per heavy atom. The van der Waals surface area contributed by atoms with Crippen LogP contribution in [0.5, 0.6) is 0 Å². The van der Waals surface area contributed by atoms with Gasteiger partial charge >= 0.3 is 11.8 Å². The Labute approximate surface area is 90.8 Å². The number of hydrogen-bond acceptors (Lipinski definition) is 3. The summed E-state index contributed by atoms with van der Waals surface area (Å²) in [5.74, 6) is -1.17. The lowest BCUT2D eigenvalue weighted by Gasteiger charge is -2.15. The first-order valence-electron chi connectivity index (χ1n) is 5.44. The van der Waals surface area contributed by atoms with E-state index in [9.17, 15) is 9.59 Å². The summed E-state index contributed by atoms with van der Waals surface area (Å²) in [4.78, 5) is 22.5. The van der Waals surface area contributed by atoms with Crippen LogP contribution < -0.4 is 16.4 Å². The van der Waals surface area contributed by atoms with Crippen molar-refractivity contribution in [3.63, 3.8) is 0 Å². The molecule has 5 nitrogen and oxygen atoms in total. The smallest absolute Gasteiger partial charge is 0.309 e. The molecule has 2 amide bonds. The third-order valence-corrected chi connectivity index (χ3v) is 2.10. The first-order chi connectivity index (χ1) is 7.15. The first-order valence-corrected chi connectivity index (χ1v) is 5.44. The Hall–Kier alpha value is -1.10. The summed E-state index contributed by atoms with van der Waals surface area (Å²) in [5.41, 5.74) is 5.21. The molecule has 0 aromatic rings. The molecule has 0 radical (unpaired) electrons. The van der Waals surface area contributed by atoms with Crippen molar-refractivity contribution in [2.75, 3.05) is 13.1 Å². The van der Waals surface area contributed by atoms with Gasteiger partial charge in [-0.05, 0) is 12.8 Å². The third kappa shape index (κ3) is 6.06. The first kappa shape index (κ1) is 13.9. The molecule has 0 fully saturated rings. The number of hydrogen-bond donors (Lipinski definition) is 3. The summed E-state index contributed by atoms with van der Waals surface area (Å²) in [6.07, 6.45) is 2.72. The molecule has 0 bridgehead atoms. The Kier molecular flexibility index (Phi) is 7.62. The number of carbonyl (C=O) groups excluding carboxylic acids is 2. The lowest BCUT2D eigenvalue weighted by atomic mass is 10.1. The molecule has 5 heteroatoms. The summed E-state index contributed by atoms with van der Waals surface area (Å²) in [6, 6.07) is 0.0890. The van der Waals surface area contributed by atoms with E-state index in [1.54, 1.807) is 0 Å². The van der Waals surface area contributed by atoms with Crippen LogP contribution >= 0.6 is 0 Å². The highest BCUT2D eigenvalue weighted by atomic mass is 16.2. The highest BCUT2D eigenvalue weighted by molar-refractivity contribution is 6.35. The van der Waals surface area contributed by atoms with Crippen molar-refractivity contribution in [3.05, 3.63) is 0 Å². The molecule has 4 N–H and O–H groups in total. The van der Waals surface area contributed by atoms with Gasteiger partial charge in [-0.3, -0.25) is 9.59 Å². The van der Waals surface area contributed by atoms with Crippen LogP contribution in [-0.4, -0.2) is 30.9 Å². The fourth-order valence-electron chi connectivity index (χ4n) is 1.24. The maximum atomic E-state index is 11.3. The number of amides is 2. The van der Waals surface area contributed by atoms with E-state index in [0.29, 0.717) is 13.1 Å². The van der Waals surface area contributed by atoms with Crippen LogP contribution in [0.4, 0.5) is 0 Å². The van der Waals surface area contributed by atoms with Crippen LogP contribution in [0.2, 0.25) is 0 Å². The van der Waals surface area contributed by atoms with Gasteiger partial charge in [-0.25, -0.2) is 0 Å². The molecule has 0 heterocycles. The molecular weight excluding hydrogens is 194 g/mol. The third-order valence-electron chi connectivity index (χ3n) is 2.10. The minimum absolute atomic E-state index is 0.0890. The molecular formula is C10H21N3O2. The van der Waals surface area contributed by atoms with Crippen molar-refractivity contribution < 1.29 is 9.59 Å². The Balaban J connectivity index is 3.93. The highest BCUT2D eigenvalue weighted by Gasteiger charge is 2.15. The number of nitrogens with one attached hydrogen (secondary N) is 2. The Bertz CT molecular complexity index is 207. The van der Waals surface area contributed by atoms with Crippen molar-refractivity contribution in [2.45, 2.75) is 39.2 Å². The van der Waals surface area contributed by atoms with E-state index >= 15 is 0 Å². The quantitative estimate of drug-likeness (QED) is 0.534. The summed E-state index contributed by atoms with van der Waals surface area (Å²) < 4.78 is 0. The van der Waals surface area contributed by atoms with Crippen molar-refractivity contribution in [2.24, 2.45) is 5.73 Å². The van der Waals surface area contributed by atoms with Gasteiger partial charge in [-0.15, -0.1) is 0 Å². The summed E-state index contributed by atoms with van der Waals surface area (Å²) >= 11 is 0. The molecule has 0 saturated carbocycles. The Morgan fingerprint density at radius 1 is 1.27 bits per heavy atom. The molecule has 0 rings (SSSR count). The van der Waals surface area contributed by atoms with Gasteiger partial charge in [0.25, 0.3) is 0 Å². The molecule has 0 aliphatic rings. The number of rotatable bonds is 6.